The molecule has 39 heavy (non-hydrogen) atoms. The van der Waals surface area contributed by atoms with E-state index in [0.29, 0.717) is 0 Å². The number of hydrogen-bond donors (Lipinski definition) is 1. The van der Waals surface area contributed by atoms with Gasteiger partial charge in [-0.1, -0.05) is 78.9 Å². The van der Waals surface area contributed by atoms with Gasteiger partial charge in [0.15, 0.2) is 0 Å². The van der Waals surface area contributed by atoms with Crippen LogP contribution in [0.3, 0.4) is 0 Å². The highest BCUT2D eigenvalue weighted by Crippen LogP contribution is 2.47. The first-order valence-corrected chi connectivity index (χ1v) is 13.2. The molecule has 1 aromatic heterocycles. The van der Waals surface area contributed by atoms with Gasteiger partial charge in [0.25, 0.3) is 0 Å². The largest absolute Gasteiger partial charge is 0.456 e. The Morgan fingerprint density at radius 3 is 1.87 bits per heavy atom. The number of ether oxygens (including phenoxy) is 1. The van der Waals surface area contributed by atoms with E-state index in [9.17, 15) is 0 Å². The molecule has 0 atom stereocenters. The first-order chi connectivity index (χ1) is 19.3. The predicted molar refractivity (Wildman–Crippen MR) is 161 cm³/mol. The lowest BCUT2D eigenvalue weighted by atomic mass is 9.94. The van der Waals surface area contributed by atoms with Gasteiger partial charge in [-0.2, -0.15) is 0 Å². The van der Waals surface area contributed by atoms with Gasteiger partial charge in [0.05, 0.1) is 11.0 Å². The second-order valence-electron chi connectivity index (χ2n) is 9.90. The van der Waals surface area contributed by atoms with Crippen LogP contribution in [-0.2, 0) is 0 Å². The molecular formula is C36H24N2O. The number of fused-ring (bicyclic) bond motifs is 8. The Kier molecular flexibility index (Phi) is 4.82. The molecule has 184 valence electrons. The zero-order chi connectivity index (χ0) is 25.8. The van der Waals surface area contributed by atoms with Gasteiger partial charge in [0, 0.05) is 39.0 Å². The van der Waals surface area contributed by atoms with Crippen molar-refractivity contribution in [2.24, 2.45) is 0 Å². The minimum absolute atomic E-state index is 0.871. The number of nitrogens with one attached hydrogen (secondary N) is 1. The molecule has 8 rings (SSSR count). The van der Waals surface area contributed by atoms with E-state index in [-0.39, 0.29) is 0 Å². The Bertz CT molecular complexity index is 2020. The average Bonchev–Trinajstić information content (AvgIpc) is 3.24. The van der Waals surface area contributed by atoms with E-state index in [1.807, 2.05) is 24.3 Å². The maximum absolute atomic E-state index is 6.35. The Labute approximate surface area is 226 Å². The molecule has 0 aliphatic carbocycles. The summed E-state index contributed by atoms with van der Waals surface area (Å²) in [6, 6.07) is 48.9. The zero-order valence-electron chi connectivity index (χ0n) is 21.1. The molecule has 0 bridgehead atoms. The van der Waals surface area contributed by atoms with E-state index in [4.69, 9.17) is 4.74 Å². The fourth-order valence-electron chi connectivity index (χ4n) is 5.83. The fraction of sp³-hybridized carbons (Fsp3) is 0. The highest BCUT2D eigenvalue weighted by atomic mass is 16.5. The number of anilines is 2. The maximum atomic E-state index is 6.35. The third-order valence-electron chi connectivity index (χ3n) is 7.57. The summed E-state index contributed by atoms with van der Waals surface area (Å²) in [6.07, 6.45) is 0. The van der Waals surface area contributed by atoms with Crippen LogP contribution in [0.4, 0.5) is 11.4 Å². The lowest BCUT2D eigenvalue weighted by Gasteiger charge is -2.13. The number of aromatic nitrogens is 1. The van der Waals surface area contributed by atoms with Crippen LogP contribution < -0.4 is 10.1 Å². The first kappa shape index (κ1) is 21.8. The van der Waals surface area contributed by atoms with Crippen molar-refractivity contribution < 1.29 is 4.74 Å². The fourth-order valence-corrected chi connectivity index (χ4v) is 5.83. The number of para-hydroxylation sites is 4. The Hall–Kier alpha value is -5.28. The summed E-state index contributed by atoms with van der Waals surface area (Å²) in [6.45, 7) is 0. The standard InChI is InChI=1S/C36H24N2O/c1-2-10-26(11-3-1)38-33-15-7-4-12-28(33)32-23-25(19-21-34(32)38)37-24-18-20-27-29-13-5-8-16-35(29)39-36-17-9-6-14-30(36)31(27)22-24/h1-23,37H. The van der Waals surface area contributed by atoms with Crippen molar-refractivity contribution in [2.45, 2.75) is 0 Å². The van der Waals surface area contributed by atoms with Gasteiger partial charge in [-0.05, 0) is 71.8 Å². The molecule has 7 aromatic rings. The maximum Gasteiger partial charge on any atom is 0.135 e. The van der Waals surface area contributed by atoms with E-state index in [1.165, 1.54) is 27.4 Å². The molecule has 1 aliphatic rings. The zero-order valence-corrected chi connectivity index (χ0v) is 21.1. The molecule has 0 saturated heterocycles. The molecule has 0 fully saturated rings. The topological polar surface area (TPSA) is 26.2 Å². The third kappa shape index (κ3) is 3.52. The van der Waals surface area contributed by atoms with Crippen molar-refractivity contribution >= 4 is 33.2 Å². The summed E-state index contributed by atoms with van der Waals surface area (Å²) in [4.78, 5) is 0. The Balaban J connectivity index is 1.25. The predicted octanol–water partition coefficient (Wildman–Crippen LogP) is 9.97. The van der Waals surface area contributed by atoms with Crippen molar-refractivity contribution in [3.8, 4) is 39.4 Å². The molecule has 0 unspecified atom stereocenters. The van der Waals surface area contributed by atoms with Crippen LogP contribution in [-0.4, -0.2) is 4.57 Å². The molecule has 0 saturated carbocycles. The molecule has 0 radical (unpaired) electrons. The van der Waals surface area contributed by atoms with E-state index in [2.05, 4.69) is 125 Å². The van der Waals surface area contributed by atoms with Crippen LogP contribution >= 0.6 is 0 Å². The molecule has 6 aromatic carbocycles. The van der Waals surface area contributed by atoms with Crippen LogP contribution in [0.25, 0.3) is 49.7 Å². The van der Waals surface area contributed by atoms with Gasteiger partial charge in [-0.25, -0.2) is 0 Å². The molecule has 0 spiro atoms. The van der Waals surface area contributed by atoms with E-state index in [0.717, 1.165) is 45.3 Å². The molecule has 2 heterocycles. The van der Waals surface area contributed by atoms with Crippen molar-refractivity contribution in [2.75, 3.05) is 5.32 Å². The normalized spacial score (nSPS) is 11.8. The average molecular weight is 501 g/mol. The van der Waals surface area contributed by atoms with Crippen molar-refractivity contribution in [1.82, 2.24) is 4.57 Å². The van der Waals surface area contributed by atoms with Crippen LogP contribution in [0, 0.1) is 0 Å². The van der Waals surface area contributed by atoms with Gasteiger partial charge in [-0.15, -0.1) is 0 Å². The lowest BCUT2D eigenvalue weighted by Crippen LogP contribution is -1.94. The lowest BCUT2D eigenvalue weighted by molar-refractivity contribution is 0.488. The first-order valence-electron chi connectivity index (χ1n) is 13.2. The minimum Gasteiger partial charge on any atom is -0.456 e. The van der Waals surface area contributed by atoms with Gasteiger partial charge < -0.3 is 14.6 Å². The van der Waals surface area contributed by atoms with Gasteiger partial charge in [0.2, 0.25) is 0 Å². The molecule has 0 amide bonds. The molecular weight excluding hydrogens is 476 g/mol. The summed E-state index contributed by atoms with van der Waals surface area (Å²) in [5.41, 5.74) is 10.2. The van der Waals surface area contributed by atoms with E-state index in [1.54, 1.807) is 0 Å². The summed E-state index contributed by atoms with van der Waals surface area (Å²) in [7, 11) is 0. The van der Waals surface area contributed by atoms with Gasteiger partial charge in [0.1, 0.15) is 11.5 Å². The summed E-state index contributed by atoms with van der Waals surface area (Å²) >= 11 is 0. The molecule has 3 heteroatoms. The number of nitrogens with zero attached hydrogens (tertiary/aromatic N) is 1. The molecule has 3 nitrogen and oxygen atoms in total. The number of benzene rings is 6. The van der Waals surface area contributed by atoms with Crippen LogP contribution in [0.2, 0.25) is 0 Å². The van der Waals surface area contributed by atoms with Crippen molar-refractivity contribution in [3.05, 3.63) is 140 Å². The number of rotatable bonds is 3. The quantitative estimate of drug-likeness (QED) is 0.261. The Morgan fingerprint density at radius 2 is 1.05 bits per heavy atom. The smallest absolute Gasteiger partial charge is 0.135 e. The molecule has 1 aliphatic heterocycles. The Morgan fingerprint density at radius 1 is 0.436 bits per heavy atom. The van der Waals surface area contributed by atoms with Crippen molar-refractivity contribution in [1.29, 1.82) is 0 Å². The third-order valence-corrected chi connectivity index (χ3v) is 7.57. The van der Waals surface area contributed by atoms with Crippen molar-refractivity contribution in [3.63, 3.8) is 0 Å². The second-order valence-corrected chi connectivity index (χ2v) is 9.90. The van der Waals surface area contributed by atoms with Gasteiger partial charge in [-0.3, -0.25) is 0 Å². The van der Waals surface area contributed by atoms with Crippen LogP contribution in [0.15, 0.2) is 140 Å². The highest BCUT2D eigenvalue weighted by molar-refractivity contribution is 6.10. The van der Waals surface area contributed by atoms with E-state index < -0.39 is 0 Å². The van der Waals surface area contributed by atoms with E-state index >= 15 is 0 Å². The van der Waals surface area contributed by atoms with Crippen LogP contribution in [0.1, 0.15) is 0 Å². The molecule has 1 N–H and O–H groups in total. The summed E-state index contributed by atoms with van der Waals surface area (Å²) in [5.74, 6) is 1.75. The second kappa shape index (κ2) is 8.64. The summed E-state index contributed by atoms with van der Waals surface area (Å²) < 4.78 is 8.69. The highest BCUT2D eigenvalue weighted by Gasteiger charge is 2.20. The number of hydrogen-bond acceptors (Lipinski definition) is 2. The summed E-state index contributed by atoms with van der Waals surface area (Å²) in [5, 5.41) is 6.15. The SMILES string of the molecule is c1ccc(-n2c3ccccc3c3cc(Nc4ccc5c(c4)-c4ccccc4Oc4ccccc4-5)ccc32)cc1. The van der Waals surface area contributed by atoms with Gasteiger partial charge >= 0.3 is 0 Å². The minimum atomic E-state index is 0.871. The van der Waals surface area contributed by atoms with Crippen LogP contribution in [0.5, 0.6) is 11.5 Å². The monoisotopic (exact) mass is 500 g/mol.